The van der Waals surface area contributed by atoms with Gasteiger partial charge in [-0.3, -0.25) is 18.5 Å². The summed E-state index contributed by atoms with van der Waals surface area (Å²) in [5.74, 6) is 3.57. The van der Waals surface area contributed by atoms with Crippen LogP contribution in [0, 0.1) is 17.9 Å². The number of hydrogen-bond acceptors (Lipinski definition) is 14. The number of nitrogens with zero attached hydrogens (tertiary/aromatic N) is 4. The topological polar surface area (TPSA) is 213 Å². The Hall–Kier alpha value is -3.97. The molecule has 3 aromatic rings. The van der Waals surface area contributed by atoms with Gasteiger partial charge in [0.25, 0.3) is 0 Å². The average Bonchev–Trinajstić information content (AvgIpc) is 3.86. The number of aliphatic hydroxyl groups excluding tert-OH is 1. The van der Waals surface area contributed by atoms with E-state index in [2.05, 4.69) is 40.6 Å². The average molecular weight is 915 g/mol. The van der Waals surface area contributed by atoms with Crippen molar-refractivity contribution in [1.82, 2.24) is 19.5 Å². The molecule has 0 amide bonds. The number of ether oxygens (including phenoxy) is 3. The van der Waals surface area contributed by atoms with Crippen molar-refractivity contribution in [3.63, 3.8) is 0 Å². The van der Waals surface area contributed by atoms with Crippen LogP contribution in [0.15, 0.2) is 36.7 Å². The number of fused-ring (bicyclic) bond motifs is 1. The van der Waals surface area contributed by atoms with E-state index in [1.165, 1.54) is 87.9 Å². The number of carbonyl (C=O) groups is 2. The summed E-state index contributed by atoms with van der Waals surface area (Å²) in [5, 5.41) is 11.7. The van der Waals surface area contributed by atoms with E-state index in [1.54, 1.807) is 24.3 Å². The number of anilines is 1. The molecule has 0 saturated carbocycles. The number of benzene rings is 1. The van der Waals surface area contributed by atoms with Crippen molar-refractivity contribution >= 4 is 37.2 Å². The van der Waals surface area contributed by atoms with Gasteiger partial charge in [-0.05, 0) is 18.4 Å². The maximum Gasteiger partial charge on any atom is 0.332 e. The van der Waals surface area contributed by atoms with Gasteiger partial charge in [0, 0.05) is 6.42 Å². The lowest BCUT2D eigenvalue weighted by Gasteiger charge is -2.27. The van der Waals surface area contributed by atoms with Crippen LogP contribution in [0.3, 0.4) is 0 Å². The van der Waals surface area contributed by atoms with Crippen LogP contribution >= 0.6 is 8.25 Å². The normalized spacial score (nSPS) is 18.6. The fourth-order valence-electron chi connectivity index (χ4n) is 7.70. The van der Waals surface area contributed by atoms with Gasteiger partial charge >= 0.3 is 26.3 Å². The molecule has 6 atom stereocenters. The summed E-state index contributed by atoms with van der Waals surface area (Å²) in [7, 11) is -3.36. The number of aromatic nitrogens is 4. The van der Waals surface area contributed by atoms with E-state index in [0.29, 0.717) is 18.4 Å². The highest BCUT2D eigenvalue weighted by molar-refractivity contribution is 7.33. The molecule has 1 aliphatic heterocycles. The Morgan fingerprint density at radius 2 is 1.44 bits per heavy atom. The third-order valence-electron chi connectivity index (χ3n) is 11.5. The molecule has 17 heteroatoms. The van der Waals surface area contributed by atoms with Gasteiger partial charge in [-0.25, -0.2) is 9.78 Å². The Labute approximate surface area is 379 Å². The van der Waals surface area contributed by atoms with E-state index in [0.717, 1.165) is 38.5 Å². The first-order valence-electron chi connectivity index (χ1n) is 23.5. The number of hydrogen-bond donors (Lipinski definition) is 3. The molecule has 1 fully saturated rings. The molecule has 4 rings (SSSR count). The molecule has 2 unspecified atom stereocenters. The van der Waals surface area contributed by atoms with Crippen LogP contribution in [-0.4, -0.2) is 80.7 Å². The number of aliphatic hydroxyl groups is 1. The zero-order chi connectivity index (χ0) is 46.0. The highest BCUT2D eigenvalue weighted by atomic mass is 31.1. The Morgan fingerprint density at radius 3 is 2.03 bits per heavy atom. The molecule has 0 bridgehead atoms. The van der Waals surface area contributed by atoms with Crippen LogP contribution in [0.2, 0.25) is 0 Å². The van der Waals surface area contributed by atoms with Gasteiger partial charge < -0.3 is 35.3 Å². The van der Waals surface area contributed by atoms with Crippen molar-refractivity contribution in [3.05, 3.63) is 48.3 Å². The van der Waals surface area contributed by atoms with Crippen LogP contribution in [0.1, 0.15) is 166 Å². The summed E-state index contributed by atoms with van der Waals surface area (Å²) in [5.41, 5.74) is 11.3. The van der Waals surface area contributed by atoms with Gasteiger partial charge in [-0.2, -0.15) is 14.4 Å². The fraction of sp³-hybridized carbons (Fsp3) is 0.681. The standard InChI is InChI=1S/C47H72FN6O9P/c1-3-5-7-9-11-13-15-17-19-24-30-59-40(56)33-61-64(58)62-34-47(38(55)32-39(63-47)54-35-51-42-43(50)52-46(48)53-44(42)54)29-28-37(36-26-22-21-23-27-36)41(49)45(57)60-31-25-20-18-16-14-12-10-8-6-4-2/h21-23,26-27,35,37-39,41,55,64H,3-20,24-25,30-34,49H2,1-2H3,(H2,50,52,53)/t37?,38-,39+,41-,47+/m0/s1. The number of halogens is 1. The second kappa shape index (κ2) is 29.5. The summed E-state index contributed by atoms with van der Waals surface area (Å²) in [6.07, 6.45) is 20.5. The molecular formula is C47H72FN6O9P. The van der Waals surface area contributed by atoms with Crippen molar-refractivity contribution in [2.24, 2.45) is 5.73 Å². The number of esters is 2. The minimum absolute atomic E-state index is 0.00874. The van der Waals surface area contributed by atoms with Gasteiger partial charge in [0.15, 0.2) is 29.2 Å². The van der Waals surface area contributed by atoms with E-state index in [1.807, 2.05) is 6.07 Å². The molecular weight excluding hydrogens is 843 g/mol. The van der Waals surface area contributed by atoms with E-state index < -0.39 is 69.4 Å². The largest absolute Gasteiger partial charge is 0.464 e. The van der Waals surface area contributed by atoms with E-state index in [9.17, 15) is 23.7 Å². The summed E-state index contributed by atoms with van der Waals surface area (Å²) >= 11 is 0. The molecule has 1 aliphatic rings. The van der Waals surface area contributed by atoms with Crippen LogP contribution in [-0.2, 0) is 37.4 Å². The number of nitrogen functional groups attached to an aromatic ring is 1. The summed E-state index contributed by atoms with van der Waals surface area (Å²) in [6, 6.07) is 7.69. The lowest BCUT2D eigenvalue weighted by atomic mass is 9.90. The van der Waals surface area contributed by atoms with Crippen molar-refractivity contribution in [1.29, 1.82) is 0 Å². The Kier molecular flexibility index (Phi) is 24.3. The van der Waals surface area contributed by atoms with E-state index in [-0.39, 0.29) is 36.6 Å². The quantitative estimate of drug-likeness (QED) is 0.0175. The van der Waals surface area contributed by atoms with Crippen LogP contribution in [0.4, 0.5) is 10.2 Å². The highest BCUT2D eigenvalue weighted by Crippen LogP contribution is 2.41. The first-order chi connectivity index (χ1) is 31.1. The molecule has 0 radical (unpaired) electrons. The number of imidazole rings is 1. The number of carbonyl (C=O) groups excluding carboxylic acids is 2. The molecule has 5 N–H and O–H groups in total. The monoisotopic (exact) mass is 915 g/mol. The molecule has 2 aromatic heterocycles. The molecule has 3 heterocycles. The van der Waals surface area contributed by atoms with Gasteiger partial charge in [-0.1, -0.05) is 172 Å². The van der Waals surface area contributed by atoms with Crippen molar-refractivity contribution in [3.8, 4) is 11.8 Å². The van der Waals surface area contributed by atoms with Crippen molar-refractivity contribution < 1.29 is 46.9 Å². The molecule has 0 spiro atoms. The highest BCUT2D eigenvalue weighted by Gasteiger charge is 2.49. The van der Waals surface area contributed by atoms with Gasteiger partial charge in [0.05, 0.1) is 32.1 Å². The van der Waals surface area contributed by atoms with Gasteiger partial charge in [0.1, 0.15) is 18.4 Å². The minimum Gasteiger partial charge on any atom is -0.464 e. The predicted molar refractivity (Wildman–Crippen MR) is 245 cm³/mol. The molecule has 0 aliphatic carbocycles. The zero-order valence-corrected chi connectivity index (χ0v) is 39.0. The lowest BCUT2D eigenvalue weighted by Crippen LogP contribution is -2.43. The SMILES string of the molecule is CCCCCCCCCCCCOC(=O)CO[PH](=O)OC[C@@]1(C#CC(c2ccccc2)[C@H](N)C(=O)OCCCCCCCCCCCC)O[C@@H](n2cnc3c(N)nc(F)nc32)C[C@@H]1O. The lowest BCUT2D eigenvalue weighted by molar-refractivity contribution is -0.147. The molecule has 1 aromatic carbocycles. The van der Waals surface area contributed by atoms with Crippen LogP contribution in [0.5, 0.6) is 0 Å². The fourth-order valence-corrected chi connectivity index (χ4v) is 8.35. The Bertz CT molecular complexity index is 1910. The molecule has 1 saturated heterocycles. The molecule has 356 valence electrons. The summed E-state index contributed by atoms with van der Waals surface area (Å²) < 4.78 is 56.8. The van der Waals surface area contributed by atoms with Crippen molar-refractivity contribution in [2.45, 2.75) is 179 Å². The third kappa shape index (κ3) is 17.8. The molecule has 64 heavy (non-hydrogen) atoms. The Balaban J connectivity index is 1.39. The summed E-state index contributed by atoms with van der Waals surface area (Å²) in [6.45, 7) is 3.66. The predicted octanol–water partition coefficient (Wildman–Crippen LogP) is 9.03. The first kappa shape index (κ1) is 52.7. The maximum absolute atomic E-state index is 14.3. The zero-order valence-electron chi connectivity index (χ0n) is 38.0. The third-order valence-corrected chi connectivity index (χ3v) is 12.2. The summed E-state index contributed by atoms with van der Waals surface area (Å²) in [4.78, 5) is 37.4. The number of unbranched alkanes of at least 4 members (excludes halogenated alkanes) is 18. The smallest absolute Gasteiger partial charge is 0.332 e. The second-order valence-electron chi connectivity index (χ2n) is 16.7. The minimum atomic E-state index is -3.36. The van der Waals surface area contributed by atoms with Gasteiger partial charge in [0.2, 0.25) is 0 Å². The van der Waals surface area contributed by atoms with E-state index in [4.69, 9.17) is 34.7 Å². The number of nitrogens with two attached hydrogens (primary N) is 2. The van der Waals surface area contributed by atoms with Crippen molar-refractivity contribution in [2.75, 3.05) is 32.2 Å². The molecule has 15 nitrogen and oxygen atoms in total. The first-order valence-corrected chi connectivity index (χ1v) is 24.8. The van der Waals surface area contributed by atoms with Gasteiger partial charge in [-0.15, -0.1) is 0 Å². The maximum atomic E-state index is 14.3. The van der Waals surface area contributed by atoms with Crippen LogP contribution < -0.4 is 11.5 Å². The Morgan fingerprint density at radius 1 is 0.875 bits per heavy atom. The van der Waals surface area contributed by atoms with E-state index >= 15 is 0 Å². The van der Waals surface area contributed by atoms with Crippen LogP contribution in [0.25, 0.3) is 11.2 Å². The number of rotatable bonds is 32. The second-order valence-corrected chi connectivity index (χ2v) is 17.8.